The monoisotopic (exact) mass is 365 g/mol. The molecule has 2 aromatic rings. The summed E-state index contributed by atoms with van der Waals surface area (Å²) in [6, 6.07) is 11.6. The van der Waals surface area contributed by atoms with Gasteiger partial charge >= 0.3 is 5.97 Å². The Morgan fingerprint density at radius 1 is 1.14 bits per heavy atom. The van der Waals surface area contributed by atoms with E-state index in [4.69, 9.17) is 4.74 Å². The van der Waals surface area contributed by atoms with Crippen molar-refractivity contribution in [3.63, 3.8) is 0 Å². The summed E-state index contributed by atoms with van der Waals surface area (Å²) >= 11 is 3.42. The van der Waals surface area contributed by atoms with Crippen LogP contribution in [0, 0.1) is 0 Å². The fraction of sp³-hybridized carbons (Fsp3) is 0.250. The van der Waals surface area contributed by atoms with E-state index >= 15 is 0 Å². The Balaban J connectivity index is 1.85. The first kappa shape index (κ1) is 16.3. The van der Waals surface area contributed by atoms with E-state index in [1.165, 1.54) is 7.11 Å². The molecule has 0 atom stereocenters. The van der Waals surface area contributed by atoms with Crippen LogP contribution in [-0.4, -0.2) is 32.1 Å². The molecule has 0 saturated heterocycles. The Hall–Kier alpha value is -2.08. The molecule has 5 nitrogen and oxygen atoms in total. The van der Waals surface area contributed by atoms with Gasteiger partial charge in [0.25, 0.3) is 5.91 Å². The number of nitrogens with one attached hydrogen (secondary N) is 1. The summed E-state index contributed by atoms with van der Waals surface area (Å²) in [5, 5.41) is 4.71. The molecule has 0 saturated carbocycles. The van der Waals surface area contributed by atoms with E-state index in [0.717, 1.165) is 15.2 Å². The molecule has 2 rings (SSSR count). The molecule has 0 aliphatic rings. The molecule has 0 unspecified atom stereocenters. The zero-order valence-corrected chi connectivity index (χ0v) is 13.7. The lowest BCUT2D eigenvalue weighted by Gasteiger charge is -2.08. The van der Waals surface area contributed by atoms with Crippen LogP contribution in [-0.2, 0) is 14.3 Å². The molecule has 0 radical (unpaired) electrons. The van der Waals surface area contributed by atoms with Crippen LogP contribution in [0.2, 0.25) is 0 Å². The van der Waals surface area contributed by atoms with Crippen LogP contribution in [0.25, 0.3) is 10.8 Å². The summed E-state index contributed by atoms with van der Waals surface area (Å²) < 4.78 is 10.9. The van der Waals surface area contributed by atoms with Crippen molar-refractivity contribution in [1.29, 1.82) is 0 Å². The van der Waals surface area contributed by atoms with Gasteiger partial charge in [0.05, 0.1) is 13.5 Å². The number of amides is 1. The van der Waals surface area contributed by atoms with Gasteiger partial charge in [0.1, 0.15) is 5.75 Å². The van der Waals surface area contributed by atoms with Crippen molar-refractivity contribution in [3.05, 3.63) is 40.9 Å². The number of carbonyl (C=O) groups is 2. The molecule has 1 amide bonds. The van der Waals surface area contributed by atoms with Gasteiger partial charge in [-0.1, -0.05) is 28.1 Å². The average Bonchev–Trinajstić information content (AvgIpc) is 2.52. The van der Waals surface area contributed by atoms with Crippen LogP contribution in [0.1, 0.15) is 6.42 Å². The number of ether oxygens (including phenoxy) is 2. The maximum absolute atomic E-state index is 11.6. The SMILES string of the molecule is COC(=O)CCNC(=O)COc1ccc2cc(Br)ccc2c1. The Morgan fingerprint density at radius 2 is 1.86 bits per heavy atom. The lowest BCUT2D eigenvalue weighted by molar-refractivity contribution is -0.140. The molecular weight excluding hydrogens is 350 g/mol. The van der Waals surface area contributed by atoms with Gasteiger partial charge < -0.3 is 14.8 Å². The van der Waals surface area contributed by atoms with Crippen LogP contribution in [0.3, 0.4) is 0 Å². The van der Waals surface area contributed by atoms with Gasteiger partial charge in [-0.15, -0.1) is 0 Å². The minimum atomic E-state index is -0.359. The number of benzene rings is 2. The highest BCUT2D eigenvalue weighted by molar-refractivity contribution is 9.10. The normalized spacial score (nSPS) is 10.3. The number of hydrogen-bond donors (Lipinski definition) is 1. The van der Waals surface area contributed by atoms with Crippen molar-refractivity contribution in [2.24, 2.45) is 0 Å². The summed E-state index contributed by atoms with van der Waals surface area (Å²) in [5.74, 6) is -0.0142. The lowest BCUT2D eigenvalue weighted by atomic mass is 10.1. The molecule has 0 aliphatic carbocycles. The van der Waals surface area contributed by atoms with Crippen LogP contribution >= 0.6 is 15.9 Å². The molecule has 0 aliphatic heterocycles. The Kier molecular flexibility index (Phi) is 5.77. The molecule has 0 fully saturated rings. The Morgan fingerprint density at radius 3 is 2.64 bits per heavy atom. The van der Waals surface area contributed by atoms with Crippen molar-refractivity contribution in [2.75, 3.05) is 20.3 Å². The predicted molar refractivity (Wildman–Crippen MR) is 86.8 cm³/mol. The quantitative estimate of drug-likeness (QED) is 0.799. The van der Waals surface area contributed by atoms with E-state index in [1.807, 2.05) is 36.4 Å². The van der Waals surface area contributed by atoms with Crippen LogP contribution in [0.15, 0.2) is 40.9 Å². The van der Waals surface area contributed by atoms with Crippen molar-refractivity contribution in [2.45, 2.75) is 6.42 Å². The molecule has 2 aromatic carbocycles. The Labute approximate surface area is 136 Å². The standard InChI is InChI=1S/C16H16BrNO4/c1-21-16(20)6-7-18-15(19)10-22-14-5-3-11-8-13(17)4-2-12(11)9-14/h2-5,8-9H,6-7,10H2,1H3,(H,18,19). The summed E-state index contributed by atoms with van der Waals surface area (Å²) in [4.78, 5) is 22.5. The maximum atomic E-state index is 11.6. The van der Waals surface area contributed by atoms with E-state index in [1.54, 1.807) is 0 Å². The Bertz CT molecular complexity index is 687. The highest BCUT2D eigenvalue weighted by Gasteiger charge is 2.05. The van der Waals surface area contributed by atoms with E-state index < -0.39 is 0 Å². The van der Waals surface area contributed by atoms with Gasteiger partial charge in [0, 0.05) is 11.0 Å². The number of methoxy groups -OCH3 is 1. The fourth-order valence-corrected chi connectivity index (χ4v) is 2.27. The van der Waals surface area contributed by atoms with Crippen LogP contribution < -0.4 is 10.1 Å². The van der Waals surface area contributed by atoms with E-state index in [0.29, 0.717) is 5.75 Å². The summed E-state index contributed by atoms with van der Waals surface area (Å²) in [7, 11) is 1.31. The maximum Gasteiger partial charge on any atom is 0.307 e. The fourth-order valence-electron chi connectivity index (χ4n) is 1.89. The van der Waals surface area contributed by atoms with Gasteiger partial charge in [-0.25, -0.2) is 0 Å². The van der Waals surface area contributed by atoms with Crippen LogP contribution in [0.5, 0.6) is 5.75 Å². The molecule has 22 heavy (non-hydrogen) atoms. The second-order valence-corrected chi connectivity index (χ2v) is 5.53. The third-order valence-corrected chi connectivity index (χ3v) is 3.52. The zero-order valence-electron chi connectivity index (χ0n) is 12.1. The van der Waals surface area contributed by atoms with E-state index in [-0.39, 0.29) is 31.4 Å². The molecule has 116 valence electrons. The van der Waals surface area contributed by atoms with Crippen LogP contribution in [0.4, 0.5) is 0 Å². The first-order valence-electron chi connectivity index (χ1n) is 6.74. The van der Waals surface area contributed by atoms with Crippen molar-refractivity contribution in [3.8, 4) is 5.75 Å². The number of rotatable bonds is 6. The molecule has 0 spiro atoms. The average molecular weight is 366 g/mol. The van der Waals surface area contributed by atoms with Crippen molar-refractivity contribution >= 4 is 38.6 Å². The minimum absolute atomic E-state index is 0.0940. The van der Waals surface area contributed by atoms with Gasteiger partial charge in [0.2, 0.25) is 0 Å². The van der Waals surface area contributed by atoms with Gasteiger partial charge in [-0.05, 0) is 35.0 Å². The highest BCUT2D eigenvalue weighted by Crippen LogP contribution is 2.24. The molecule has 6 heteroatoms. The number of fused-ring (bicyclic) bond motifs is 1. The summed E-state index contributed by atoms with van der Waals surface area (Å²) in [6.07, 6.45) is 0.146. The van der Waals surface area contributed by atoms with Gasteiger partial charge in [-0.3, -0.25) is 9.59 Å². The predicted octanol–water partition coefficient (Wildman–Crippen LogP) is 2.66. The highest BCUT2D eigenvalue weighted by atomic mass is 79.9. The zero-order chi connectivity index (χ0) is 15.9. The molecule has 0 bridgehead atoms. The van der Waals surface area contributed by atoms with E-state index in [9.17, 15) is 9.59 Å². The summed E-state index contributed by atoms with van der Waals surface area (Å²) in [5.41, 5.74) is 0. The number of carbonyl (C=O) groups excluding carboxylic acids is 2. The largest absolute Gasteiger partial charge is 0.484 e. The summed E-state index contributed by atoms with van der Waals surface area (Å²) in [6.45, 7) is 0.143. The lowest BCUT2D eigenvalue weighted by Crippen LogP contribution is -2.30. The molecule has 0 aromatic heterocycles. The molecular formula is C16H16BrNO4. The first-order chi connectivity index (χ1) is 10.6. The third kappa shape index (κ3) is 4.73. The second kappa shape index (κ2) is 7.79. The topological polar surface area (TPSA) is 64.6 Å². The third-order valence-electron chi connectivity index (χ3n) is 3.02. The number of esters is 1. The van der Waals surface area contributed by atoms with Gasteiger partial charge in [-0.2, -0.15) is 0 Å². The van der Waals surface area contributed by atoms with Gasteiger partial charge in [0.15, 0.2) is 6.61 Å². The molecule has 1 N–H and O–H groups in total. The number of halogens is 1. The van der Waals surface area contributed by atoms with Crippen molar-refractivity contribution in [1.82, 2.24) is 5.32 Å². The molecule has 0 heterocycles. The first-order valence-corrected chi connectivity index (χ1v) is 7.53. The second-order valence-electron chi connectivity index (χ2n) is 4.62. The minimum Gasteiger partial charge on any atom is -0.484 e. The smallest absolute Gasteiger partial charge is 0.307 e. The number of hydrogen-bond acceptors (Lipinski definition) is 4. The van der Waals surface area contributed by atoms with E-state index in [2.05, 4.69) is 26.0 Å². The van der Waals surface area contributed by atoms with Crippen molar-refractivity contribution < 1.29 is 19.1 Å².